The molecule has 3 aromatic rings. The molecule has 30 heavy (non-hydrogen) atoms. The highest BCUT2D eigenvalue weighted by molar-refractivity contribution is 6.31. The number of hydrogen-bond donors (Lipinski definition) is 1. The molecule has 5 nitrogen and oxygen atoms in total. The van der Waals surface area contributed by atoms with Crippen molar-refractivity contribution in [1.82, 2.24) is 4.90 Å². The molecule has 1 unspecified atom stereocenters. The van der Waals surface area contributed by atoms with Crippen LogP contribution in [-0.4, -0.2) is 43.4 Å². The molecule has 3 rings (SSSR count). The van der Waals surface area contributed by atoms with Crippen molar-refractivity contribution in [2.24, 2.45) is 0 Å². The van der Waals surface area contributed by atoms with Crippen molar-refractivity contribution in [1.29, 1.82) is 0 Å². The van der Waals surface area contributed by atoms with Gasteiger partial charge in [0, 0.05) is 37.9 Å². The van der Waals surface area contributed by atoms with Gasteiger partial charge in [0.25, 0.3) is 0 Å². The number of anilines is 1. The molecule has 1 N–H and O–H groups in total. The van der Waals surface area contributed by atoms with Crippen LogP contribution >= 0.6 is 11.6 Å². The molecule has 0 aliphatic rings. The average Bonchev–Trinajstić information content (AvgIpc) is 3.22. The quantitative estimate of drug-likeness (QED) is 0.505. The van der Waals surface area contributed by atoms with Crippen LogP contribution in [0.15, 0.2) is 65.3 Å². The number of furan rings is 1. The maximum absolute atomic E-state index is 10.6. The number of rotatable bonds is 10. The van der Waals surface area contributed by atoms with Gasteiger partial charge in [0.1, 0.15) is 24.2 Å². The second-order valence-electron chi connectivity index (χ2n) is 7.69. The molecule has 0 fully saturated rings. The first-order chi connectivity index (χ1) is 14.4. The minimum absolute atomic E-state index is 0.204. The molecule has 0 amide bonds. The van der Waals surface area contributed by atoms with Crippen molar-refractivity contribution < 1.29 is 14.3 Å². The molecule has 0 saturated carbocycles. The van der Waals surface area contributed by atoms with Crippen molar-refractivity contribution in [3.8, 4) is 5.75 Å². The van der Waals surface area contributed by atoms with Crippen LogP contribution in [0.1, 0.15) is 16.9 Å². The van der Waals surface area contributed by atoms with Gasteiger partial charge in [-0.2, -0.15) is 0 Å². The summed E-state index contributed by atoms with van der Waals surface area (Å²) in [4.78, 5) is 4.23. The molecule has 0 aliphatic carbocycles. The smallest absolute Gasteiger partial charge is 0.119 e. The monoisotopic (exact) mass is 428 g/mol. The van der Waals surface area contributed by atoms with E-state index < -0.39 is 6.10 Å². The summed E-state index contributed by atoms with van der Waals surface area (Å²) in [6, 6.07) is 17.7. The van der Waals surface area contributed by atoms with E-state index in [0.717, 1.165) is 17.0 Å². The van der Waals surface area contributed by atoms with Gasteiger partial charge in [0.15, 0.2) is 0 Å². The highest BCUT2D eigenvalue weighted by Gasteiger charge is 2.15. The van der Waals surface area contributed by atoms with Crippen LogP contribution < -0.4 is 9.64 Å². The number of aryl methyl sites for hydroxylation is 1. The topological polar surface area (TPSA) is 49.1 Å². The lowest BCUT2D eigenvalue weighted by Gasteiger charge is -2.25. The van der Waals surface area contributed by atoms with Gasteiger partial charge in [0.05, 0.1) is 12.8 Å². The summed E-state index contributed by atoms with van der Waals surface area (Å²) in [5, 5.41) is 11.3. The number of halogens is 1. The summed E-state index contributed by atoms with van der Waals surface area (Å²) in [6.07, 6.45) is 1.03. The fourth-order valence-electron chi connectivity index (χ4n) is 3.22. The summed E-state index contributed by atoms with van der Waals surface area (Å²) < 4.78 is 11.3. The molecular weight excluding hydrogens is 400 g/mol. The fourth-order valence-corrected chi connectivity index (χ4v) is 3.33. The molecule has 6 heteroatoms. The molecule has 1 aromatic heterocycles. The fraction of sp³-hybridized carbons (Fsp3) is 0.333. The Bertz CT molecular complexity index is 911. The van der Waals surface area contributed by atoms with E-state index in [1.54, 1.807) is 12.3 Å². The Morgan fingerprint density at radius 1 is 1.07 bits per heavy atom. The molecule has 1 heterocycles. The van der Waals surface area contributed by atoms with Gasteiger partial charge in [-0.1, -0.05) is 23.7 Å². The Morgan fingerprint density at radius 3 is 2.47 bits per heavy atom. The lowest BCUT2D eigenvalue weighted by Crippen LogP contribution is -2.35. The first-order valence-corrected chi connectivity index (χ1v) is 10.4. The molecule has 160 valence electrons. The van der Waals surface area contributed by atoms with E-state index in [4.69, 9.17) is 20.8 Å². The summed E-state index contributed by atoms with van der Waals surface area (Å²) in [5.41, 5.74) is 3.28. The van der Waals surface area contributed by atoms with Gasteiger partial charge in [-0.05, 0) is 60.5 Å². The zero-order valence-electron chi connectivity index (χ0n) is 17.7. The Kier molecular flexibility index (Phi) is 7.80. The predicted molar refractivity (Wildman–Crippen MR) is 121 cm³/mol. The summed E-state index contributed by atoms with van der Waals surface area (Å²) in [6.45, 7) is 3.90. The predicted octanol–water partition coefficient (Wildman–Crippen LogP) is 4.75. The number of benzene rings is 2. The lowest BCUT2D eigenvalue weighted by molar-refractivity contribution is 0.0604. The molecule has 2 aromatic carbocycles. The van der Waals surface area contributed by atoms with Crippen LogP contribution in [0.5, 0.6) is 5.75 Å². The Balaban J connectivity index is 1.61. The largest absolute Gasteiger partial charge is 0.491 e. The minimum atomic E-state index is -0.642. The maximum atomic E-state index is 10.6. The van der Waals surface area contributed by atoms with Crippen LogP contribution in [0.25, 0.3) is 0 Å². The molecule has 1 atom stereocenters. The number of ether oxygens (including phenoxy) is 1. The summed E-state index contributed by atoms with van der Waals surface area (Å²) >= 11 is 6.06. The molecule has 0 spiro atoms. The van der Waals surface area contributed by atoms with Gasteiger partial charge in [-0.3, -0.25) is 4.90 Å². The molecular formula is C24H29ClN2O3. The van der Waals surface area contributed by atoms with E-state index in [-0.39, 0.29) is 6.61 Å². The third-order valence-electron chi connectivity index (χ3n) is 4.86. The molecule has 0 radical (unpaired) electrons. The van der Waals surface area contributed by atoms with E-state index in [1.165, 1.54) is 5.56 Å². The van der Waals surface area contributed by atoms with Crippen molar-refractivity contribution in [2.45, 2.75) is 26.1 Å². The number of hydrogen-bond acceptors (Lipinski definition) is 5. The SMILES string of the molecule is Cc1cc(OCC(O)CN(Cc2ccc(N(C)C)cc2)Cc2ccco2)ccc1Cl. The maximum Gasteiger partial charge on any atom is 0.119 e. The number of aliphatic hydroxyl groups is 1. The normalized spacial score (nSPS) is 12.2. The van der Waals surface area contributed by atoms with E-state index in [1.807, 2.05) is 45.3 Å². The zero-order valence-corrected chi connectivity index (χ0v) is 18.5. The molecule has 0 aliphatic heterocycles. The lowest BCUT2D eigenvalue weighted by atomic mass is 10.1. The van der Waals surface area contributed by atoms with E-state index in [0.29, 0.717) is 30.4 Å². The highest BCUT2D eigenvalue weighted by Crippen LogP contribution is 2.21. The Hall–Kier alpha value is -2.47. The summed E-state index contributed by atoms with van der Waals surface area (Å²) in [7, 11) is 4.05. The van der Waals surface area contributed by atoms with Crippen molar-refractivity contribution >= 4 is 17.3 Å². The highest BCUT2D eigenvalue weighted by atomic mass is 35.5. The second kappa shape index (κ2) is 10.5. The van der Waals surface area contributed by atoms with Gasteiger partial charge < -0.3 is 19.2 Å². The average molecular weight is 429 g/mol. The van der Waals surface area contributed by atoms with E-state index in [9.17, 15) is 5.11 Å². The van der Waals surface area contributed by atoms with Gasteiger partial charge >= 0.3 is 0 Å². The first kappa shape index (κ1) is 22.2. The van der Waals surface area contributed by atoms with Crippen LogP contribution in [-0.2, 0) is 13.1 Å². The number of aliphatic hydroxyl groups excluding tert-OH is 1. The third-order valence-corrected chi connectivity index (χ3v) is 5.28. The standard InChI is InChI=1S/C24H29ClN2O3/c1-18-13-22(10-11-24(18)25)30-17-21(28)15-27(16-23-5-4-12-29-23)14-19-6-8-20(9-7-19)26(2)3/h4-13,21,28H,14-17H2,1-3H3. The third kappa shape index (κ3) is 6.52. The van der Waals surface area contributed by atoms with Crippen molar-refractivity contribution in [2.75, 3.05) is 32.1 Å². The van der Waals surface area contributed by atoms with Crippen LogP contribution in [0.4, 0.5) is 5.69 Å². The Labute approximate surface area is 183 Å². The van der Waals surface area contributed by atoms with Gasteiger partial charge in [-0.25, -0.2) is 0 Å². The Morgan fingerprint density at radius 2 is 1.83 bits per heavy atom. The van der Waals surface area contributed by atoms with Crippen molar-refractivity contribution in [3.63, 3.8) is 0 Å². The minimum Gasteiger partial charge on any atom is -0.491 e. The summed E-state index contributed by atoms with van der Waals surface area (Å²) in [5.74, 6) is 1.56. The van der Waals surface area contributed by atoms with Crippen LogP contribution in [0, 0.1) is 6.92 Å². The van der Waals surface area contributed by atoms with Gasteiger partial charge in [-0.15, -0.1) is 0 Å². The molecule has 0 saturated heterocycles. The van der Waals surface area contributed by atoms with Crippen LogP contribution in [0.2, 0.25) is 5.02 Å². The van der Waals surface area contributed by atoms with Crippen molar-refractivity contribution in [3.05, 3.63) is 82.8 Å². The van der Waals surface area contributed by atoms with E-state index in [2.05, 4.69) is 34.1 Å². The van der Waals surface area contributed by atoms with E-state index >= 15 is 0 Å². The molecule has 0 bridgehead atoms. The second-order valence-corrected chi connectivity index (χ2v) is 8.09. The zero-order chi connectivity index (χ0) is 21.5. The number of nitrogens with zero attached hydrogens (tertiary/aromatic N) is 2. The first-order valence-electron chi connectivity index (χ1n) is 9.98. The van der Waals surface area contributed by atoms with Crippen LogP contribution in [0.3, 0.4) is 0 Å². The van der Waals surface area contributed by atoms with Gasteiger partial charge in [0.2, 0.25) is 0 Å².